The summed E-state index contributed by atoms with van der Waals surface area (Å²) in [6.07, 6.45) is 0.961. The maximum atomic E-state index is 6.40. The number of benzene rings is 2. The third-order valence-electron chi connectivity index (χ3n) is 3.71. The number of halogens is 2. The lowest BCUT2D eigenvalue weighted by atomic mass is 9.95. The van der Waals surface area contributed by atoms with Crippen molar-refractivity contribution in [2.75, 3.05) is 13.2 Å². The molecular weight excluding hydrogens is 350 g/mol. The monoisotopic (exact) mass is 365 g/mol. The summed E-state index contributed by atoms with van der Waals surface area (Å²) in [6, 6.07) is 12.3. The number of hydrogen-bond acceptors (Lipinski definition) is 2. The Hall–Kier alpha value is -1.03. The van der Waals surface area contributed by atoms with Crippen molar-refractivity contribution in [3.8, 4) is 5.75 Å². The molecule has 0 aliphatic carbocycles. The first-order valence-corrected chi connectivity index (χ1v) is 8.30. The van der Waals surface area contributed by atoms with Crippen LogP contribution in [0.1, 0.15) is 29.7 Å². The van der Waals surface area contributed by atoms with Crippen molar-refractivity contribution in [1.82, 2.24) is 5.32 Å². The van der Waals surface area contributed by atoms with Gasteiger partial charge < -0.3 is 10.1 Å². The zero-order valence-corrected chi connectivity index (χ0v) is 14.2. The van der Waals surface area contributed by atoms with Gasteiger partial charge in [0.1, 0.15) is 5.75 Å². The van der Waals surface area contributed by atoms with Gasteiger partial charge in [-0.25, -0.2) is 0 Å². The van der Waals surface area contributed by atoms with Gasteiger partial charge in [0.15, 0.2) is 0 Å². The average molecular weight is 367 g/mol. The fraction of sp³-hybridized carbons (Fsp3) is 0.294. The molecule has 2 nitrogen and oxygen atoms in total. The molecule has 4 heteroatoms. The molecule has 1 aliphatic rings. The second kappa shape index (κ2) is 6.39. The number of nitrogens with one attached hydrogen (secondary N) is 1. The number of hydrogen-bond donors (Lipinski definition) is 1. The second-order valence-electron chi connectivity index (χ2n) is 5.09. The zero-order chi connectivity index (χ0) is 14.8. The van der Waals surface area contributed by atoms with Gasteiger partial charge in [0.25, 0.3) is 0 Å². The first-order valence-electron chi connectivity index (χ1n) is 7.13. The van der Waals surface area contributed by atoms with Gasteiger partial charge >= 0.3 is 0 Å². The van der Waals surface area contributed by atoms with Gasteiger partial charge in [-0.05, 0) is 35.9 Å². The van der Waals surface area contributed by atoms with Gasteiger partial charge in [0, 0.05) is 21.5 Å². The van der Waals surface area contributed by atoms with E-state index in [2.05, 4.69) is 46.4 Å². The second-order valence-corrected chi connectivity index (χ2v) is 6.42. The maximum absolute atomic E-state index is 6.40. The van der Waals surface area contributed by atoms with Crippen LogP contribution in [0.5, 0.6) is 5.75 Å². The summed E-state index contributed by atoms with van der Waals surface area (Å²) in [7, 11) is 0. The molecule has 1 aliphatic heterocycles. The SMILES string of the molecule is CCNC(c1ccccc1Cl)c1cc(Br)cc2c1OCC2. The number of fused-ring (bicyclic) bond motifs is 1. The highest BCUT2D eigenvalue weighted by Gasteiger charge is 2.25. The Kier molecular flexibility index (Phi) is 4.53. The van der Waals surface area contributed by atoms with Crippen LogP contribution in [0.2, 0.25) is 5.02 Å². The van der Waals surface area contributed by atoms with E-state index in [0.29, 0.717) is 0 Å². The minimum Gasteiger partial charge on any atom is -0.493 e. The van der Waals surface area contributed by atoms with Crippen molar-refractivity contribution in [3.63, 3.8) is 0 Å². The topological polar surface area (TPSA) is 21.3 Å². The molecule has 21 heavy (non-hydrogen) atoms. The Bertz CT molecular complexity index is 659. The number of ether oxygens (including phenoxy) is 1. The Morgan fingerprint density at radius 1 is 1.29 bits per heavy atom. The van der Waals surface area contributed by atoms with Crippen LogP contribution < -0.4 is 10.1 Å². The summed E-state index contributed by atoms with van der Waals surface area (Å²) in [6.45, 7) is 3.71. The van der Waals surface area contributed by atoms with Gasteiger partial charge in [-0.3, -0.25) is 0 Å². The quantitative estimate of drug-likeness (QED) is 0.844. The molecule has 0 spiro atoms. The van der Waals surface area contributed by atoms with Crippen LogP contribution in [-0.4, -0.2) is 13.2 Å². The summed E-state index contributed by atoms with van der Waals surface area (Å²) in [5, 5.41) is 4.30. The summed E-state index contributed by atoms with van der Waals surface area (Å²) in [4.78, 5) is 0. The lowest BCUT2D eigenvalue weighted by Gasteiger charge is -2.22. The van der Waals surface area contributed by atoms with Crippen molar-refractivity contribution >= 4 is 27.5 Å². The molecule has 2 aromatic rings. The van der Waals surface area contributed by atoms with E-state index in [-0.39, 0.29) is 6.04 Å². The third kappa shape index (κ3) is 2.96. The van der Waals surface area contributed by atoms with Gasteiger partial charge in [-0.1, -0.05) is 52.7 Å². The molecule has 1 unspecified atom stereocenters. The van der Waals surface area contributed by atoms with Crippen LogP contribution in [0.15, 0.2) is 40.9 Å². The Balaban J connectivity index is 2.13. The van der Waals surface area contributed by atoms with Crippen LogP contribution in [0.4, 0.5) is 0 Å². The lowest BCUT2D eigenvalue weighted by Crippen LogP contribution is -2.23. The first-order chi connectivity index (χ1) is 10.2. The molecule has 1 atom stereocenters. The van der Waals surface area contributed by atoms with E-state index in [0.717, 1.165) is 45.9 Å². The number of rotatable bonds is 4. The highest BCUT2D eigenvalue weighted by atomic mass is 79.9. The van der Waals surface area contributed by atoms with Crippen molar-refractivity contribution in [2.24, 2.45) is 0 Å². The van der Waals surface area contributed by atoms with Crippen molar-refractivity contribution in [2.45, 2.75) is 19.4 Å². The predicted octanol–water partition coefficient (Wildman–Crippen LogP) is 4.74. The molecule has 0 aromatic heterocycles. The molecule has 1 heterocycles. The maximum Gasteiger partial charge on any atom is 0.127 e. The van der Waals surface area contributed by atoms with E-state index < -0.39 is 0 Å². The molecule has 1 N–H and O–H groups in total. The van der Waals surface area contributed by atoms with Crippen molar-refractivity contribution in [3.05, 3.63) is 62.6 Å². The van der Waals surface area contributed by atoms with Crippen molar-refractivity contribution in [1.29, 1.82) is 0 Å². The average Bonchev–Trinajstić information content (AvgIpc) is 2.93. The summed E-state index contributed by atoms with van der Waals surface area (Å²) < 4.78 is 6.95. The highest BCUT2D eigenvalue weighted by Crippen LogP contribution is 2.40. The Morgan fingerprint density at radius 2 is 2.10 bits per heavy atom. The van der Waals surface area contributed by atoms with Crippen molar-refractivity contribution < 1.29 is 4.74 Å². The van der Waals surface area contributed by atoms with Gasteiger partial charge in [0.05, 0.1) is 12.6 Å². The Labute approximate surface area is 138 Å². The normalized spacial score (nSPS) is 14.6. The van der Waals surface area contributed by atoms with Gasteiger partial charge in [0.2, 0.25) is 0 Å². The van der Waals surface area contributed by atoms with E-state index in [4.69, 9.17) is 16.3 Å². The lowest BCUT2D eigenvalue weighted by molar-refractivity contribution is 0.350. The highest BCUT2D eigenvalue weighted by molar-refractivity contribution is 9.10. The van der Waals surface area contributed by atoms with Crippen LogP contribution in [-0.2, 0) is 6.42 Å². The molecular formula is C17H17BrClNO. The predicted molar refractivity (Wildman–Crippen MR) is 90.3 cm³/mol. The first kappa shape index (κ1) is 14.9. The summed E-state index contributed by atoms with van der Waals surface area (Å²) in [5.74, 6) is 1.00. The van der Waals surface area contributed by atoms with E-state index in [1.165, 1.54) is 5.56 Å². The molecule has 3 rings (SSSR count). The fourth-order valence-corrected chi connectivity index (χ4v) is 3.58. The Morgan fingerprint density at radius 3 is 2.86 bits per heavy atom. The van der Waals surface area contributed by atoms with Gasteiger partial charge in [-0.15, -0.1) is 0 Å². The van der Waals surface area contributed by atoms with Crippen LogP contribution in [0.3, 0.4) is 0 Å². The van der Waals surface area contributed by atoms with E-state index in [9.17, 15) is 0 Å². The molecule has 0 radical (unpaired) electrons. The molecule has 0 fully saturated rings. The molecule has 0 saturated heterocycles. The van der Waals surface area contributed by atoms with Gasteiger partial charge in [-0.2, -0.15) is 0 Å². The smallest absolute Gasteiger partial charge is 0.127 e. The minimum atomic E-state index is 0.0352. The fourth-order valence-electron chi connectivity index (χ4n) is 2.81. The van der Waals surface area contributed by atoms with E-state index in [1.54, 1.807) is 0 Å². The summed E-state index contributed by atoms with van der Waals surface area (Å²) >= 11 is 10.0. The molecule has 2 aromatic carbocycles. The molecule has 110 valence electrons. The molecule has 0 saturated carbocycles. The van der Waals surface area contributed by atoms with E-state index in [1.807, 2.05) is 18.2 Å². The molecule has 0 bridgehead atoms. The zero-order valence-electron chi connectivity index (χ0n) is 11.8. The summed E-state index contributed by atoms with van der Waals surface area (Å²) in [5.41, 5.74) is 3.48. The third-order valence-corrected chi connectivity index (χ3v) is 4.51. The van der Waals surface area contributed by atoms with Crippen LogP contribution >= 0.6 is 27.5 Å². The van der Waals surface area contributed by atoms with Crippen LogP contribution in [0.25, 0.3) is 0 Å². The van der Waals surface area contributed by atoms with E-state index >= 15 is 0 Å². The molecule has 0 amide bonds. The van der Waals surface area contributed by atoms with Crippen LogP contribution in [0, 0.1) is 0 Å². The minimum absolute atomic E-state index is 0.0352. The largest absolute Gasteiger partial charge is 0.493 e. The standard InChI is InChI=1S/C17H17BrClNO/c1-2-20-16(13-5-3-4-6-15(13)19)14-10-12(18)9-11-7-8-21-17(11)14/h3-6,9-10,16,20H,2,7-8H2,1H3.